The van der Waals surface area contributed by atoms with Crippen LogP contribution < -0.4 is 0 Å². The number of rotatable bonds is 5. The molecule has 1 aliphatic carbocycles. The molecule has 2 atom stereocenters. The summed E-state index contributed by atoms with van der Waals surface area (Å²) >= 11 is 0. The number of aliphatic hydroxyl groups excluding tert-OH is 1. The molecule has 2 fully saturated rings. The monoisotopic (exact) mass is 263 g/mol. The van der Waals surface area contributed by atoms with Gasteiger partial charge in [0.15, 0.2) is 0 Å². The Kier molecular flexibility index (Phi) is 3.89. The first-order chi connectivity index (χ1) is 9.26. The van der Waals surface area contributed by atoms with Crippen LogP contribution in [0, 0.1) is 11.8 Å². The van der Waals surface area contributed by atoms with Crippen molar-refractivity contribution >= 4 is 0 Å². The molecule has 0 radical (unpaired) electrons. The molecule has 1 aromatic rings. The van der Waals surface area contributed by atoms with Gasteiger partial charge in [-0.1, -0.05) is 6.42 Å². The molecule has 1 aliphatic heterocycles. The van der Waals surface area contributed by atoms with E-state index >= 15 is 0 Å². The highest BCUT2D eigenvalue weighted by Gasteiger charge is 2.27. The van der Waals surface area contributed by atoms with Gasteiger partial charge in [0.1, 0.15) is 0 Å². The van der Waals surface area contributed by atoms with Gasteiger partial charge < -0.3 is 5.11 Å². The van der Waals surface area contributed by atoms with Gasteiger partial charge in [-0.2, -0.15) is 5.10 Å². The molecule has 0 aromatic carbocycles. The van der Waals surface area contributed by atoms with Gasteiger partial charge in [0.2, 0.25) is 0 Å². The van der Waals surface area contributed by atoms with Crippen LogP contribution in [0.15, 0.2) is 12.4 Å². The van der Waals surface area contributed by atoms with Crippen LogP contribution in [0.1, 0.15) is 44.2 Å². The van der Waals surface area contributed by atoms with E-state index in [0.29, 0.717) is 18.6 Å². The summed E-state index contributed by atoms with van der Waals surface area (Å²) in [6.07, 6.45) is 9.50. The van der Waals surface area contributed by atoms with Crippen LogP contribution in [0.25, 0.3) is 0 Å². The van der Waals surface area contributed by atoms with E-state index in [0.717, 1.165) is 32.0 Å². The predicted molar refractivity (Wildman–Crippen MR) is 74.7 cm³/mol. The van der Waals surface area contributed by atoms with E-state index in [9.17, 15) is 5.11 Å². The topological polar surface area (TPSA) is 41.3 Å². The minimum absolute atomic E-state index is 0.324. The number of nitrogens with zero attached hydrogens (tertiary/aromatic N) is 3. The lowest BCUT2D eigenvalue weighted by Gasteiger charge is -2.25. The molecular weight excluding hydrogens is 238 g/mol. The normalized spacial score (nSPS) is 26.5. The molecule has 1 saturated heterocycles. The zero-order chi connectivity index (χ0) is 13.2. The van der Waals surface area contributed by atoms with Gasteiger partial charge in [-0.3, -0.25) is 9.58 Å². The Bertz CT molecular complexity index is 413. The fourth-order valence-electron chi connectivity index (χ4n) is 3.21. The molecule has 2 unspecified atom stereocenters. The third kappa shape index (κ3) is 2.84. The van der Waals surface area contributed by atoms with Crippen molar-refractivity contribution in [1.82, 2.24) is 14.7 Å². The van der Waals surface area contributed by atoms with Crippen molar-refractivity contribution in [3.63, 3.8) is 0 Å². The second-order valence-electron chi connectivity index (χ2n) is 6.30. The molecule has 0 amide bonds. The summed E-state index contributed by atoms with van der Waals surface area (Å²) in [6.45, 7) is 5.78. The number of aromatic nitrogens is 2. The second kappa shape index (κ2) is 5.63. The van der Waals surface area contributed by atoms with Gasteiger partial charge in [-0.05, 0) is 44.6 Å². The summed E-state index contributed by atoms with van der Waals surface area (Å²) in [5.41, 5.74) is 1.32. The average molecular weight is 263 g/mol. The molecule has 19 heavy (non-hydrogen) atoms. The fourth-order valence-corrected chi connectivity index (χ4v) is 3.21. The molecule has 0 spiro atoms. The van der Waals surface area contributed by atoms with Crippen LogP contribution in [0.3, 0.4) is 0 Å². The first-order valence-corrected chi connectivity index (χ1v) is 7.63. The van der Waals surface area contributed by atoms with Gasteiger partial charge in [0.05, 0.1) is 6.20 Å². The Hall–Kier alpha value is -0.870. The van der Waals surface area contributed by atoms with Crippen molar-refractivity contribution in [3.05, 3.63) is 18.0 Å². The van der Waals surface area contributed by atoms with Gasteiger partial charge in [-0.25, -0.2) is 0 Å². The highest BCUT2D eigenvalue weighted by Crippen LogP contribution is 2.29. The number of hydrogen-bond acceptors (Lipinski definition) is 3. The van der Waals surface area contributed by atoms with E-state index in [-0.39, 0.29) is 0 Å². The molecule has 1 saturated carbocycles. The van der Waals surface area contributed by atoms with E-state index in [1.165, 1.54) is 24.8 Å². The Morgan fingerprint density at radius 3 is 2.84 bits per heavy atom. The molecule has 1 N–H and O–H groups in total. The van der Waals surface area contributed by atoms with E-state index in [1.54, 1.807) is 0 Å². The molecule has 0 bridgehead atoms. The first kappa shape index (κ1) is 13.1. The maximum Gasteiger partial charge on any atom is 0.0537 e. The van der Waals surface area contributed by atoms with Gasteiger partial charge in [-0.15, -0.1) is 0 Å². The fraction of sp³-hybridized carbons (Fsp3) is 0.800. The summed E-state index contributed by atoms with van der Waals surface area (Å²) in [7, 11) is 0. The maximum absolute atomic E-state index is 9.23. The molecule has 2 aliphatic rings. The minimum atomic E-state index is 0.324. The van der Waals surface area contributed by atoms with Gasteiger partial charge >= 0.3 is 0 Å². The van der Waals surface area contributed by atoms with Crippen molar-refractivity contribution in [3.8, 4) is 0 Å². The van der Waals surface area contributed by atoms with Gasteiger partial charge in [0.25, 0.3) is 0 Å². The molecule has 2 heterocycles. The standard InChI is InChI=1S/C15H25N3O/c1-12(17-6-5-14(8-17)11-19)15-7-16-18(10-15)9-13-3-2-4-13/h7,10,12-14,19H,2-6,8-9,11H2,1H3. The smallest absolute Gasteiger partial charge is 0.0537 e. The van der Waals surface area contributed by atoms with E-state index in [2.05, 4.69) is 27.8 Å². The third-order valence-electron chi connectivity index (χ3n) is 4.93. The average Bonchev–Trinajstić information content (AvgIpc) is 3.02. The van der Waals surface area contributed by atoms with E-state index < -0.39 is 0 Å². The first-order valence-electron chi connectivity index (χ1n) is 7.63. The second-order valence-corrected chi connectivity index (χ2v) is 6.30. The summed E-state index contributed by atoms with van der Waals surface area (Å²) in [4.78, 5) is 2.46. The minimum Gasteiger partial charge on any atom is -0.396 e. The highest BCUT2D eigenvalue weighted by atomic mass is 16.3. The Labute approximate surface area is 115 Å². The Morgan fingerprint density at radius 2 is 2.21 bits per heavy atom. The van der Waals surface area contributed by atoms with Crippen LogP contribution in [-0.2, 0) is 6.54 Å². The molecule has 1 aromatic heterocycles. The van der Waals surface area contributed by atoms with Gasteiger partial charge in [0, 0.05) is 37.5 Å². The zero-order valence-electron chi connectivity index (χ0n) is 11.8. The summed E-state index contributed by atoms with van der Waals surface area (Å²) in [6, 6.07) is 0.423. The molecule has 3 rings (SSSR count). The predicted octanol–water partition coefficient (Wildman–Crippen LogP) is 2.06. The van der Waals surface area contributed by atoms with Crippen LogP contribution >= 0.6 is 0 Å². The SMILES string of the molecule is CC(c1cnn(CC2CCC2)c1)N1CCC(CO)C1. The molecular formula is C15H25N3O. The van der Waals surface area contributed by atoms with Crippen LogP contribution in [0.4, 0.5) is 0 Å². The molecule has 4 nitrogen and oxygen atoms in total. The lowest BCUT2D eigenvalue weighted by Crippen LogP contribution is -2.25. The van der Waals surface area contributed by atoms with E-state index in [4.69, 9.17) is 0 Å². The van der Waals surface area contributed by atoms with Crippen molar-refractivity contribution in [1.29, 1.82) is 0 Å². The quantitative estimate of drug-likeness (QED) is 0.884. The van der Waals surface area contributed by atoms with Crippen molar-refractivity contribution in [2.45, 2.75) is 45.2 Å². The lowest BCUT2D eigenvalue weighted by molar-refractivity contribution is 0.204. The highest BCUT2D eigenvalue weighted by molar-refractivity contribution is 5.10. The van der Waals surface area contributed by atoms with Crippen molar-refractivity contribution < 1.29 is 5.11 Å². The van der Waals surface area contributed by atoms with Crippen molar-refractivity contribution in [2.24, 2.45) is 11.8 Å². The molecule has 106 valence electrons. The Balaban J connectivity index is 1.58. The summed E-state index contributed by atoms with van der Waals surface area (Å²) in [5.74, 6) is 1.32. The lowest BCUT2D eigenvalue weighted by atomic mass is 9.85. The summed E-state index contributed by atoms with van der Waals surface area (Å²) in [5, 5.41) is 13.7. The number of hydrogen-bond donors (Lipinski definition) is 1. The maximum atomic E-state index is 9.23. The number of aliphatic hydroxyl groups is 1. The number of likely N-dealkylation sites (tertiary alicyclic amines) is 1. The summed E-state index contributed by atoms with van der Waals surface area (Å²) < 4.78 is 2.12. The van der Waals surface area contributed by atoms with Crippen LogP contribution in [0.2, 0.25) is 0 Å². The largest absolute Gasteiger partial charge is 0.396 e. The zero-order valence-corrected chi connectivity index (χ0v) is 11.8. The molecule has 4 heteroatoms. The Morgan fingerprint density at radius 1 is 1.37 bits per heavy atom. The van der Waals surface area contributed by atoms with Crippen LogP contribution in [-0.4, -0.2) is 39.5 Å². The van der Waals surface area contributed by atoms with Crippen LogP contribution in [0.5, 0.6) is 0 Å². The third-order valence-corrected chi connectivity index (χ3v) is 4.93. The van der Waals surface area contributed by atoms with Crippen molar-refractivity contribution in [2.75, 3.05) is 19.7 Å². The van der Waals surface area contributed by atoms with E-state index in [1.807, 2.05) is 6.20 Å².